The Labute approximate surface area is 214 Å². The number of alkyl halides is 3. The molecule has 3 aromatic heterocycles. The van der Waals surface area contributed by atoms with Crippen LogP contribution in [0.4, 0.5) is 18.9 Å². The summed E-state index contributed by atoms with van der Waals surface area (Å²) < 4.78 is 49.2. The molecule has 1 saturated heterocycles. The van der Waals surface area contributed by atoms with Crippen LogP contribution >= 0.6 is 0 Å². The van der Waals surface area contributed by atoms with Crippen LogP contribution in [0.2, 0.25) is 0 Å². The van der Waals surface area contributed by atoms with E-state index >= 15 is 0 Å². The van der Waals surface area contributed by atoms with E-state index in [0.29, 0.717) is 48.5 Å². The predicted octanol–water partition coefficient (Wildman–Crippen LogP) is 4.37. The van der Waals surface area contributed by atoms with Crippen molar-refractivity contribution >= 4 is 27.5 Å². The first kappa shape index (κ1) is 24.0. The first-order valence-corrected chi connectivity index (χ1v) is 12.0. The fraction of sp³-hybridized carbons (Fsp3) is 0.222. The fourth-order valence-electron chi connectivity index (χ4n) is 4.92. The van der Waals surface area contributed by atoms with E-state index in [9.17, 15) is 18.0 Å². The van der Waals surface area contributed by atoms with Gasteiger partial charge < -0.3 is 19.9 Å². The smallest absolute Gasteiger partial charge is 0.418 e. The van der Waals surface area contributed by atoms with Crippen molar-refractivity contribution in [3.63, 3.8) is 0 Å². The Morgan fingerprint density at radius 2 is 1.74 bits per heavy atom. The van der Waals surface area contributed by atoms with Crippen molar-refractivity contribution in [3.8, 4) is 22.7 Å². The van der Waals surface area contributed by atoms with Crippen molar-refractivity contribution in [2.75, 3.05) is 38.2 Å². The van der Waals surface area contributed by atoms with Crippen LogP contribution in [-0.2, 0) is 6.18 Å². The number of anilines is 1. The largest absolute Gasteiger partial charge is 0.481 e. The zero-order valence-electron chi connectivity index (χ0n) is 20.3. The number of H-pyrrole nitrogens is 1. The lowest BCUT2D eigenvalue weighted by Crippen LogP contribution is -2.44. The second-order valence-corrected chi connectivity index (χ2v) is 9.06. The summed E-state index contributed by atoms with van der Waals surface area (Å²) in [5.74, 6) is 0.476. The molecule has 2 aromatic carbocycles. The molecule has 0 spiro atoms. The molecule has 6 rings (SSSR count). The average molecular weight is 521 g/mol. The van der Waals surface area contributed by atoms with Gasteiger partial charge in [0.2, 0.25) is 5.88 Å². The number of pyridine rings is 2. The van der Waals surface area contributed by atoms with Gasteiger partial charge in [0.25, 0.3) is 5.56 Å². The van der Waals surface area contributed by atoms with Crippen LogP contribution in [0, 0.1) is 0 Å². The second-order valence-electron chi connectivity index (χ2n) is 9.06. The highest BCUT2D eigenvalue weighted by molar-refractivity contribution is 6.05. The number of ether oxygens (including phenoxy) is 1. The molecule has 11 heteroatoms. The Bertz CT molecular complexity index is 1700. The molecule has 0 bridgehead atoms. The van der Waals surface area contributed by atoms with E-state index in [4.69, 9.17) is 4.74 Å². The number of hydrogen-bond donors (Lipinski definition) is 2. The third kappa shape index (κ3) is 4.14. The number of rotatable bonds is 4. The molecule has 0 radical (unpaired) electrons. The first-order valence-electron chi connectivity index (χ1n) is 12.0. The predicted molar refractivity (Wildman–Crippen MR) is 139 cm³/mol. The van der Waals surface area contributed by atoms with Crippen molar-refractivity contribution < 1.29 is 17.9 Å². The van der Waals surface area contributed by atoms with Gasteiger partial charge in [-0.2, -0.15) is 18.3 Å². The van der Waals surface area contributed by atoms with E-state index in [1.165, 1.54) is 24.1 Å². The molecule has 5 aromatic rings. The van der Waals surface area contributed by atoms with Gasteiger partial charge in [0.1, 0.15) is 0 Å². The van der Waals surface area contributed by atoms with E-state index in [2.05, 4.69) is 20.4 Å². The van der Waals surface area contributed by atoms with Crippen LogP contribution in [0.15, 0.2) is 65.7 Å². The van der Waals surface area contributed by atoms with Crippen molar-refractivity contribution in [2.24, 2.45) is 0 Å². The minimum atomic E-state index is -4.56. The number of benzene rings is 2. The summed E-state index contributed by atoms with van der Waals surface area (Å²) in [5, 5.41) is 8.43. The molecule has 0 aliphatic carbocycles. The van der Waals surface area contributed by atoms with E-state index in [1.54, 1.807) is 29.3 Å². The molecular formula is C27H23F3N6O2. The van der Waals surface area contributed by atoms with Gasteiger partial charge in [0.05, 0.1) is 41.0 Å². The lowest BCUT2D eigenvalue weighted by Gasteiger charge is -2.31. The third-order valence-electron chi connectivity index (χ3n) is 6.80. The van der Waals surface area contributed by atoms with Gasteiger partial charge in [-0.1, -0.05) is 6.07 Å². The van der Waals surface area contributed by atoms with E-state index in [0.717, 1.165) is 17.2 Å². The molecular weight excluding hydrogens is 497 g/mol. The fourth-order valence-corrected chi connectivity index (χ4v) is 4.92. The van der Waals surface area contributed by atoms with Crippen molar-refractivity contribution in [1.82, 2.24) is 25.1 Å². The summed E-state index contributed by atoms with van der Waals surface area (Å²) in [7, 11) is 1.53. The molecule has 0 unspecified atom stereocenters. The first-order chi connectivity index (χ1) is 18.3. The van der Waals surface area contributed by atoms with Crippen molar-refractivity contribution in [2.45, 2.75) is 6.18 Å². The van der Waals surface area contributed by atoms with Crippen molar-refractivity contribution in [3.05, 3.63) is 76.8 Å². The number of fused-ring (bicyclic) bond motifs is 3. The van der Waals surface area contributed by atoms with E-state index < -0.39 is 11.7 Å². The third-order valence-corrected chi connectivity index (χ3v) is 6.80. The molecule has 0 saturated carbocycles. The van der Waals surface area contributed by atoms with Gasteiger partial charge in [-0.25, -0.2) is 9.67 Å². The van der Waals surface area contributed by atoms with Crippen LogP contribution in [0.1, 0.15) is 5.56 Å². The molecule has 1 aliphatic heterocycles. The lowest BCUT2D eigenvalue weighted by molar-refractivity contribution is -0.137. The van der Waals surface area contributed by atoms with Crippen LogP contribution in [0.5, 0.6) is 5.88 Å². The van der Waals surface area contributed by atoms with Crippen LogP contribution in [0.3, 0.4) is 0 Å². The SMILES string of the molecule is COc1ccc(-c2ccc3[nH]c(=O)c4cnn(-c5ccc(N6CCNCC6)c(C(F)(F)F)c5)c4c3c2)cn1. The molecule has 4 heterocycles. The number of aromatic amines is 1. The summed E-state index contributed by atoms with van der Waals surface area (Å²) in [6.45, 7) is 2.19. The summed E-state index contributed by atoms with van der Waals surface area (Å²) in [6, 6.07) is 13.3. The normalized spacial score (nSPS) is 14.4. The maximum Gasteiger partial charge on any atom is 0.418 e. The van der Waals surface area contributed by atoms with E-state index in [1.807, 2.05) is 18.2 Å². The maximum absolute atomic E-state index is 14.2. The molecule has 0 atom stereocenters. The molecule has 0 amide bonds. The number of piperazine rings is 1. The van der Waals surface area contributed by atoms with Gasteiger partial charge in [0, 0.05) is 55.1 Å². The topological polar surface area (TPSA) is 88.1 Å². The van der Waals surface area contributed by atoms with Crippen LogP contribution in [0.25, 0.3) is 38.6 Å². The molecule has 8 nitrogen and oxygen atoms in total. The standard InChI is InChI=1S/C27H23F3N6O2/c1-38-24-7-3-17(14-32-24)16-2-5-22-19(12-16)25-20(26(37)34-22)15-33-36(25)18-4-6-23(21(13-18)27(28,29)30)35-10-8-31-9-11-35/h2-7,12-15,31H,8-11H2,1H3,(H,34,37). The van der Waals surface area contributed by atoms with Gasteiger partial charge in [-0.05, 0) is 42.0 Å². The number of aromatic nitrogens is 4. The summed E-state index contributed by atoms with van der Waals surface area (Å²) in [6.07, 6.45) is -1.51. The molecule has 38 heavy (non-hydrogen) atoms. The lowest BCUT2D eigenvalue weighted by atomic mass is 10.0. The Kier molecular flexibility index (Phi) is 5.79. The van der Waals surface area contributed by atoms with E-state index in [-0.39, 0.29) is 22.3 Å². The quantitative estimate of drug-likeness (QED) is 0.366. The Balaban J connectivity index is 1.54. The molecule has 1 fully saturated rings. The monoisotopic (exact) mass is 520 g/mol. The number of nitrogens with one attached hydrogen (secondary N) is 2. The summed E-state index contributed by atoms with van der Waals surface area (Å²) in [4.78, 5) is 21.7. The van der Waals surface area contributed by atoms with Gasteiger partial charge in [-0.3, -0.25) is 4.79 Å². The van der Waals surface area contributed by atoms with Crippen LogP contribution < -0.4 is 20.5 Å². The average Bonchev–Trinajstić information content (AvgIpc) is 3.39. The number of nitrogens with zero attached hydrogens (tertiary/aromatic N) is 4. The van der Waals surface area contributed by atoms with Crippen molar-refractivity contribution in [1.29, 1.82) is 0 Å². The van der Waals surface area contributed by atoms with Gasteiger partial charge in [-0.15, -0.1) is 0 Å². The molecule has 2 N–H and O–H groups in total. The minimum Gasteiger partial charge on any atom is -0.481 e. The van der Waals surface area contributed by atoms with Crippen LogP contribution in [-0.4, -0.2) is 53.0 Å². The number of halogens is 3. The zero-order valence-corrected chi connectivity index (χ0v) is 20.3. The summed E-state index contributed by atoms with van der Waals surface area (Å²) >= 11 is 0. The highest BCUT2D eigenvalue weighted by Crippen LogP contribution is 2.39. The highest BCUT2D eigenvalue weighted by atomic mass is 19.4. The Morgan fingerprint density at radius 1 is 0.947 bits per heavy atom. The Morgan fingerprint density at radius 3 is 2.45 bits per heavy atom. The van der Waals surface area contributed by atoms with Gasteiger partial charge in [0.15, 0.2) is 0 Å². The maximum atomic E-state index is 14.2. The second kappa shape index (κ2) is 9.18. The molecule has 1 aliphatic rings. The highest BCUT2D eigenvalue weighted by Gasteiger charge is 2.36. The van der Waals surface area contributed by atoms with Gasteiger partial charge >= 0.3 is 6.18 Å². The number of hydrogen-bond acceptors (Lipinski definition) is 6. The minimum absolute atomic E-state index is 0.135. The zero-order chi connectivity index (χ0) is 26.4. The Hall–Kier alpha value is -4.38. The number of methoxy groups -OCH3 is 1. The molecule has 194 valence electrons. The summed E-state index contributed by atoms with van der Waals surface area (Å²) in [5.41, 5.74) is 1.85.